The lowest BCUT2D eigenvalue weighted by Gasteiger charge is -2.12. The predicted octanol–water partition coefficient (Wildman–Crippen LogP) is 1.77. The maximum Gasteiger partial charge on any atom is 0.335 e. The van der Waals surface area contributed by atoms with Crippen molar-refractivity contribution in [2.24, 2.45) is 0 Å². The molecule has 0 saturated carbocycles. The van der Waals surface area contributed by atoms with Gasteiger partial charge in [-0.05, 0) is 18.2 Å². The highest BCUT2D eigenvalue weighted by molar-refractivity contribution is 5.88. The summed E-state index contributed by atoms with van der Waals surface area (Å²) in [6, 6.07) is 4.96. The molecule has 0 fully saturated rings. The molecule has 0 aromatic heterocycles. The monoisotopic (exact) mass is 253 g/mol. The summed E-state index contributed by atoms with van der Waals surface area (Å²) in [4.78, 5) is 10.8. The number of carbonyl (C=O) groups is 1. The molecule has 1 aromatic carbocycles. The molecule has 0 aliphatic rings. The van der Waals surface area contributed by atoms with Crippen molar-refractivity contribution >= 4 is 5.97 Å². The van der Waals surface area contributed by atoms with Gasteiger partial charge in [0, 0.05) is 12.6 Å². The van der Waals surface area contributed by atoms with Gasteiger partial charge in [0.25, 0.3) is 0 Å². The average molecular weight is 253 g/mol. The quantitative estimate of drug-likeness (QED) is 0.725. The first-order valence-electron chi connectivity index (χ1n) is 5.82. The molecule has 0 aliphatic carbocycles. The third kappa shape index (κ3) is 4.25. The molecule has 0 heterocycles. The Balaban J connectivity index is 2.62. The van der Waals surface area contributed by atoms with E-state index in [2.05, 4.69) is 19.2 Å². The third-order valence-corrected chi connectivity index (χ3v) is 2.32. The van der Waals surface area contributed by atoms with Gasteiger partial charge in [-0.15, -0.1) is 0 Å². The minimum atomic E-state index is -0.985. The number of aromatic carboxylic acids is 1. The second-order valence-electron chi connectivity index (χ2n) is 4.13. The SMILES string of the molecule is COc1cc(C(=O)O)ccc1OCCNC(C)C. The van der Waals surface area contributed by atoms with Crippen molar-refractivity contribution in [2.75, 3.05) is 20.3 Å². The van der Waals surface area contributed by atoms with Crippen molar-refractivity contribution in [1.29, 1.82) is 0 Å². The Morgan fingerprint density at radius 2 is 2.11 bits per heavy atom. The summed E-state index contributed by atoms with van der Waals surface area (Å²) in [7, 11) is 1.49. The van der Waals surface area contributed by atoms with Crippen LogP contribution >= 0.6 is 0 Å². The maximum absolute atomic E-state index is 10.8. The molecule has 2 N–H and O–H groups in total. The fraction of sp³-hybridized carbons (Fsp3) is 0.462. The first-order chi connectivity index (χ1) is 8.54. The molecule has 0 atom stereocenters. The molecule has 1 rings (SSSR count). The van der Waals surface area contributed by atoms with E-state index in [1.807, 2.05) is 0 Å². The second kappa shape index (κ2) is 6.86. The van der Waals surface area contributed by atoms with Crippen LogP contribution in [0.5, 0.6) is 11.5 Å². The van der Waals surface area contributed by atoms with Gasteiger partial charge in [0.1, 0.15) is 6.61 Å². The normalized spacial score (nSPS) is 10.4. The first-order valence-corrected chi connectivity index (χ1v) is 5.82. The molecule has 0 bridgehead atoms. The number of hydrogen-bond acceptors (Lipinski definition) is 4. The number of nitrogens with one attached hydrogen (secondary N) is 1. The summed E-state index contributed by atoms with van der Waals surface area (Å²) in [6.07, 6.45) is 0. The van der Waals surface area contributed by atoms with Gasteiger partial charge in [0.15, 0.2) is 11.5 Å². The van der Waals surface area contributed by atoms with Gasteiger partial charge in [-0.25, -0.2) is 4.79 Å². The molecule has 0 aliphatic heterocycles. The number of hydrogen-bond donors (Lipinski definition) is 2. The minimum Gasteiger partial charge on any atom is -0.493 e. The fourth-order valence-corrected chi connectivity index (χ4v) is 1.43. The van der Waals surface area contributed by atoms with Crippen molar-refractivity contribution in [3.63, 3.8) is 0 Å². The molecule has 0 saturated heterocycles. The smallest absolute Gasteiger partial charge is 0.335 e. The van der Waals surface area contributed by atoms with Crippen LogP contribution < -0.4 is 14.8 Å². The van der Waals surface area contributed by atoms with Crippen LogP contribution in [0.2, 0.25) is 0 Å². The van der Waals surface area contributed by atoms with Crippen molar-refractivity contribution in [3.05, 3.63) is 23.8 Å². The Bertz CT molecular complexity index is 404. The van der Waals surface area contributed by atoms with E-state index >= 15 is 0 Å². The van der Waals surface area contributed by atoms with Crippen molar-refractivity contribution < 1.29 is 19.4 Å². The van der Waals surface area contributed by atoms with Crippen LogP contribution in [0.25, 0.3) is 0 Å². The molecule has 1 aromatic rings. The van der Waals surface area contributed by atoms with Gasteiger partial charge in [-0.2, -0.15) is 0 Å². The van der Waals surface area contributed by atoms with Crippen molar-refractivity contribution in [2.45, 2.75) is 19.9 Å². The Morgan fingerprint density at radius 1 is 1.39 bits per heavy atom. The minimum absolute atomic E-state index is 0.180. The highest BCUT2D eigenvalue weighted by atomic mass is 16.5. The number of carboxylic acid groups (broad SMARTS) is 1. The topological polar surface area (TPSA) is 67.8 Å². The lowest BCUT2D eigenvalue weighted by Crippen LogP contribution is -2.27. The Morgan fingerprint density at radius 3 is 2.67 bits per heavy atom. The van der Waals surface area contributed by atoms with Gasteiger partial charge in [-0.3, -0.25) is 0 Å². The zero-order valence-corrected chi connectivity index (χ0v) is 10.9. The van der Waals surface area contributed by atoms with E-state index in [4.69, 9.17) is 14.6 Å². The van der Waals surface area contributed by atoms with Crippen LogP contribution in [0.4, 0.5) is 0 Å². The number of benzene rings is 1. The van der Waals surface area contributed by atoms with E-state index in [-0.39, 0.29) is 5.56 Å². The second-order valence-corrected chi connectivity index (χ2v) is 4.13. The Labute approximate surface area is 107 Å². The molecule has 18 heavy (non-hydrogen) atoms. The van der Waals surface area contributed by atoms with Crippen LogP contribution in [0.3, 0.4) is 0 Å². The van der Waals surface area contributed by atoms with E-state index in [1.54, 1.807) is 6.07 Å². The summed E-state index contributed by atoms with van der Waals surface area (Å²) in [5, 5.41) is 12.1. The molecule has 0 unspecified atom stereocenters. The van der Waals surface area contributed by atoms with Gasteiger partial charge < -0.3 is 19.9 Å². The lowest BCUT2D eigenvalue weighted by atomic mass is 10.2. The highest BCUT2D eigenvalue weighted by Gasteiger charge is 2.09. The molecule has 100 valence electrons. The van der Waals surface area contributed by atoms with Gasteiger partial charge in [0.05, 0.1) is 12.7 Å². The summed E-state index contributed by atoms with van der Waals surface area (Å²) in [6.45, 7) is 5.34. The molecular weight excluding hydrogens is 234 g/mol. The third-order valence-electron chi connectivity index (χ3n) is 2.32. The first kappa shape index (κ1) is 14.3. The molecule has 0 spiro atoms. The van der Waals surface area contributed by atoms with Gasteiger partial charge in [-0.1, -0.05) is 13.8 Å². The van der Waals surface area contributed by atoms with Crippen molar-refractivity contribution in [3.8, 4) is 11.5 Å². The Kier molecular flexibility index (Phi) is 5.45. The number of methoxy groups -OCH3 is 1. The van der Waals surface area contributed by atoms with Crippen molar-refractivity contribution in [1.82, 2.24) is 5.32 Å². The zero-order chi connectivity index (χ0) is 13.5. The van der Waals surface area contributed by atoms with Crippen LogP contribution in [0.15, 0.2) is 18.2 Å². The summed E-state index contributed by atoms with van der Waals surface area (Å²) >= 11 is 0. The van der Waals surface area contributed by atoms with Gasteiger partial charge in [0.2, 0.25) is 0 Å². The van der Waals surface area contributed by atoms with Gasteiger partial charge >= 0.3 is 5.97 Å². The van der Waals surface area contributed by atoms with E-state index < -0.39 is 5.97 Å². The maximum atomic E-state index is 10.8. The average Bonchev–Trinajstić information content (AvgIpc) is 2.34. The number of rotatable bonds is 7. The molecule has 0 radical (unpaired) electrons. The molecule has 0 amide bonds. The Hall–Kier alpha value is -1.75. The number of ether oxygens (including phenoxy) is 2. The van der Waals surface area contributed by atoms with E-state index in [1.165, 1.54) is 19.2 Å². The summed E-state index contributed by atoms with van der Waals surface area (Å²) < 4.78 is 10.6. The summed E-state index contributed by atoms with van der Waals surface area (Å²) in [5.74, 6) is -0.00572. The largest absolute Gasteiger partial charge is 0.493 e. The molecular formula is C13H19NO4. The summed E-state index contributed by atoms with van der Waals surface area (Å²) in [5.41, 5.74) is 0.180. The fourth-order valence-electron chi connectivity index (χ4n) is 1.43. The van der Waals surface area contributed by atoms with Crippen LogP contribution in [0.1, 0.15) is 24.2 Å². The molecule has 5 nitrogen and oxygen atoms in total. The van der Waals surface area contributed by atoms with Crippen LogP contribution in [-0.4, -0.2) is 37.4 Å². The lowest BCUT2D eigenvalue weighted by molar-refractivity contribution is 0.0696. The van der Waals surface area contributed by atoms with Crippen LogP contribution in [0, 0.1) is 0 Å². The standard InChI is InChI=1S/C13H19NO4/c1-9(2)14-6-7-18-11-5-4-10(13(15)16)8-12(11)17-3/h4-5,8-9,14H,6-7H2,1-3H3,(H,15,16). The molecule has 5 heteroatoms. The zero-order valence-electron chi connectivity index (χ0n) is 10.9. The predicted molar refractivity (Wildman–Crippen MR) is 68.6 cm³/mol. The van der Waals surface area contributed by atoms with E-state index in [9.17, 15) is 4.79 Å². The number of carboxylic acids is 1. The van der Waals surface area contributed by atoms with E-state index in [0.29, 0.717) is 24.1 Å². The van der Waals surface area contributed by atoms with Crippen LogP contribution in [-0.2, 0) is 0 Å². The highest BCUT2D eigenvalue weighted by Crippen LogP contribution is 2.27. The van der Waals surface area contributed by atoms with E-state index in [0.717, 1.165) is 6.54 Å².